The first kappa shape index (κ1) is 10.9. The first-order valence-electron chi connectivity index (χ1n) is 4.67. The molecule has 0 heterocycles. The quantitative estimate of drug-likeness (QED) is 0.722. The van der Waals surface area contributed by atoms with Crippen LogP contribution in [0.25, 0.3) is 0 Å². The normalized spacial score (nSPS) is 11.4. The summed E-state index contributed by atoms with van der Waals surface area (Å²) in [7, 11) is 0. The lowest BCUT2D eigenvalue weighted by atomic mass is 9.80. The molecule has 1 nitrogen and oxygen atoms in total. The molecule has 0 saturated carbocycles. The van der Waals surface area contributed by atoms with Crippen molar-refractivity contribution in [2.24, 2.45) is 0 Å². The number of benzene rings is 1. The van der Waals surface area contributed by atoms with Gasteiger partial charge in [-0.1, -0.05) is 26.0 Å². The molecule has 0 aliphatic carbocycles. The van der Waals surface area contributed by atoms with Gasteiger partial charge in [-0.3, -0.25) is 4.79 Å². The van der Waals surface area contributed by atoms with Crippen LogP contribution in [0.4, 0.5) is 4.39 Å². The predicted octanol–water partition coefficient (Wildman–Crippen LogP) is 3.08. The highest BCUT2D eigenvalue weighted by molar-refractivity contribution is 5.77. The lowest BCUT2D eigenvalue weighted by molar-refractivity contribution is -0.118. The number of hydrogen-bond donors (Lipinski definition) is 0. The summed E-state index contributed by atoms with van der Waals surface area (Å²) in [6.45, 7) is 5.45. The van der Waals surface area contributed by atoms with Crippen LogP contribution in [0, 0.1) is 5.82 Å². The zero-order chi connectivity index (χ0) is 10.8. The summed E-state index contributed by atoms with van der Waals surface area (Å²) < 4.78 is 13.0. The minimum absolute atomic E-state index is 0.124. The molecular formula is C12H15FO. The largest absolute Gasteiger partial charge is 0.300 e. The second-order valence-electron chi connectivity index (χ2n) is 4.27. The number of carbonyl (C=O) groups excluding carboxylic acids is 1. The van der Waals surface area contributed by atoms with Gasteiger partial charge in [0.05, 0.1) is 0 Å². The Kier molecular flexibility index (Phi) is 3.04. The maximum atomic E-state index is 13.0. The Balaban J connectivity index is 2.97. The molecule has 0 saturated heterocycles. The summed E-state index contributed by atoms with van der Waals surface area (Å²) in [5.41, 5.74) is 0.584. The van der Waals surface area contributed by atoms with Crippen LogP contribution in [0.2, 0.25) is 0 Å². The first-order valence-corrected chi connectivity index (χ1v) is 4.67. The molecule has 14 heavy (non-hydrogen) atoms. The summed E-state index contributed by atoms with van der Waals surface area (Å²) in [6.07, 6.45) is 0.441. The van der Waals surface area contributed by atoms with Crippen molar-refractivity contribution in [2.75, 3.05) is 0 Å². The topological polar surface area (TPSA) is 17.1 Å². The minimum Gasteiger partial charge on any atom is -0.300 e. The second-order valence-corrected chi connectivity index (χ2v) is 4.27. The van der Waals surface area contributed by atoms with E-state index >= 15 is 0 Å². The van der Waals surface area contributed by atoms with Gasteiger partial charge in [0.1, 0.15) is 11.6 Å². The molecule has 0 aliphatic rings. The highest BCUT2D eigenvalue weighted by Gasteiger charge is 2.22. The minimum atomic E-state index is -0.284. The first-order chi connectivity index (χ1) is 6.42. The monoisotopic (exact) mass is 194 g/mol. The molecule has 1 rings (SSSR count). The highest BCUT2D eigenvalue weighted by Crippen LogP contribution is 2.27. The molecule has 0 aromatic heterocycles. The molecule has 0 radical (unpaired) electrons. The van der Waals surface area contributed by atoms with E-state index in [1.165, 1.54) is 12.1 Å². The van der Waals surface area contributed by atoms with E-state index in [9.17, 15) is 9.18 Å². The summed E-state index contributed by atoms with van der Waals surface area (Å²) in [4.78, 5) is 11.0. The summed E-state index contributed by atoms with van der Waals surface area (Å²) >= 11 is 0. The van der Waals surface area contributed by atoms with Gasteiger partial charge in [-0.05, 0) is 30.0 Å². The third kappa shape index (κ3) is 2.66. The molecule has 0 bridgehead atoms. The Morgan fingerprint density at radius 1 is 1.43 bits per heavy atom. The Labute approximate surface area is 83.9 Å². The van der Waals surface area contributed by atoms with Gasteiger partial charge in [0.2, 0.25) is 0 Å². The smallest absolute Gasteiger partial charge is 0.130 e. The molecule has 76 valence electrons. The van der Waals surface area contributed by atoms with Gasteiger partial charge >= 0.3 is 0 Å². The van der Waals surface area contributed by atoms with Crippen molar-refractivity contribution >= 4 is 5.78 Å². The molecule has 0 fully saturated rings. The van der Waals surface area contributed by atoms with Crippen molar-refractivity contribution < 1.29 is 9.18 Å². The van der Waals surface area contributed by atoms with Gasteiger partial charge in [-0.2, -0.15) is 0 Å². The molecular weight excluding hydrogens is 179 g/mol. The van der Waals surface area contributed by atoms with Crippen molar-refractivity contribution in [1.82, 2.24) is 0 Å². The molecule has 0 spiro atoms. The maximum absolute atomic E-state index is 13.0. The average Bonchev–Trinajstić information content (AvgIpc) is 2.01. The van der Waals surface area contributed by atoms with Crippen LogP contribution < -0.4 is 0 Å². The Bertz CT molecular complexity index is 342. The summed E-state index contributed by atoms with van der Waals surface area (Å²) in [5, 5.41) is 0. The molecule has 1 aromatic carbocycles. The second kappa shape index (κ2) is 3.91. The van der Waals surface area contributed by atoms with Crippen molar-refractivity contribution in [3.05, 3.63) is 35.6 Å². The maximum Gasteiger partial charge on any atom is 0.130 e. The lowest BCUT2D eigenvalue weighted by Crippen LogP contribution is -2.20. The van der Waals surface area contributed by atoms with Gasteiger partial charge in [-0.25, -0.2) is 4.39 Å². The SMILES string of the molecule is CC(=O)CC(C)(C)c1cccc(F)c1. The number of carbonyl (C=O) groups is 1. The van der Waals surface area contributed by atoms with Crippen LogP contribution in [0.1, 0.15) is 32.8 Å². The van der Waals surface area contributed by atoms with Gasteiger partial charge in [0.15, 0.2) is 0 Å². The van der Waals surface area contributed by atoms with Crippen LogP contribution in [0.15, 0.2) is 24.3 Å². The zero-order valence-electron chi connectivity index (χ0n) is 8.80. The van der Waals surface area contributed by atoms with E-state index < -0.39 is 0 Å². The number of halogens is 1. The van der Waals surface area contributed by atoms with Crippen molar-refractivity contribution in [2.45, 2.75) is 32.6 Å². The fourth-order valence-electron chi connectivity index (χ4n) is 1.63. The predicted molar refractivity (Wildman–Crippen MR) is 54.7 cm³/mol. The van der Waals surface area contributed by atoms with Crippen molar-refractivity contribution in [3.63, 3.8) is 0 Å². The Morgan fingerprint density at radius 3 is 2.57 bits per heavy atom. The van der Waals surface area contributed by atoms with Crippen LogP contribution in [-0.4, -0.2) is 5.78 Å². The fraction of sp³-hybridized carbons (Fsp3) is 0.417. The number of Topliss-reactive ketones (excluding diaryl/α,β-unsaturated/α-hetero) is 1. The van der Waals surface area contributed by atoms with Crippen LogP contribution in [-0.2, 0) is 10.2 Å². The molecule has 0 aliphatic heterocycles. The Hall–Kier alpha value is -1.18. The van der Waals surface area contributed by atoms with E-state index in [0.29, 0.717) is 6.42 Å². The third-order valence-corrected chi connectivity index (χ3v) is 2.30. The molecule has 0 N–H and O–H groups in total. The average molecular weight is 194 g/mol. The summed E-state index contributed by atoms with van der Waals surface area (Å²) in [6, 6.07) is 6.43. The van der Waals surface area contributed by atoms with Gasteiger partial charge < -0.3 is 0 Å². The van der Waals surface area contributed by atoms with E-state index in [2.05, 4.69) is 0 Å². The van der Waals surface area contributed by atoms with Gasteiger partial charge in [0, 0.05) is 6.42 Å². The molecule has 0 unspecified atom stereocenters. The molecule has 0 amide bonds. The number of hydrogen-bond acceptors (Lipinski definition) is 1. The van der Waals surface area contributed by atoms with E-state index in [-0.39, 0.29) is 17.0 Å². The van der Waals surface area contributed by atoms with Crippen molar-refractivity contribution in [1.29, 1.82) is 0 Å². The zero-order valence-corrected chi connectivity index (χ0v) is 8.80. The third-order valence-electron chi connectivity index (χ3n) is 2.30. The fourth-order valence-corrected chi connectivity index (χ4v) is 1.63. The van der Waals surface area contributed by atoms with E-state index in [0.717, 1.165) is 5.56 Å². The Morgan fingerprint density at radius 2 is 2.07 bits per heavy atom. The molecule has 2 heteroatoms. The van der Waals surface area contributed by atoms with Gasteiger partial charge in [-0.15, -0.1) is 0 Å². The lowest BCUT2D eigenvalue weighted by Gasteiger charge is -2.23. The van der Waals surface area contributed by atoms with E-state index in [1.807, 2.05) is 19.9 Å². The molecule has 0 atom stereocenters. The number of rotatable bonds is 3. The van der Waals surface area contributed by atoms with Crippen LogP contribution in [0.3, 0.4) is 0 Å². The van der Waals surface area contributed by atoms with Crippen molar-refractivity contribution in [3.8, 4) is 0 Å². The standard InChI is InChI=1S/C12H15FO/c1-9(14)8-12(2,3)10-5-4-6-11(13)7-10/h4-7H,8H2,1-3H3. The van der Waals surface area contributed by atoms with E-state index in [1.54, 1.807) is 13.0 Å². The van der Waals surface area contributed by atoms with Crippen LogP contribution >= 0.6 is 0 Å². The van der Waals surface area contributed by atoms with Gasteiger partial charge in [0.25, 0.3) is 0 Å². The molecule has 1 aromatic rings. The van der Waals surface area contributed by atoms with E-state index in [4.69, 9.17) is 0 Å². The number of ketones is 1. The van der Waals surface area contributed by atoms with Crippen LogP contribution in [0.5, 0.6) is 0 Å². The summed E-state index contributed by atoms with van der Waals surface area (Å²) in [5.74, 6) is -0.126. The highest BCUT2D eigenvalue weighted by atomic mass is 19.1.